The number of rotatable bonds is 2. The van der Waals surface area contributed by atoms with Gasteiger partial charge in [0.05, 0.1) is 6.04 Å². The summed E-state index contributed by atoms with van der Waals surface area (Å²) < 4.78 is 4.79. The van der Waals surface area contributed by atoms with Gasteiger partial charge in [-0.25, -0.2) is 4.79 Å². The molecule has 3 N–H and O–H groups in total. The molecule has 1 amide bonds. The lowest BCUT2D eigenvalue weighted by Crippen LogP contribution is -2.28. The Morgan fingerprint density at radius 3 is 2.93 bits per heavy atom. The van der Waals surface area contributed by atoms with E-state index in [0.29, 0.717) is 6.61 Å². The van der Waals surface area contributed by atoms with E-state index in [4.69, 9.17) is 10.5 Å². The fourth-order valence-electron chi connectivity index (χ4n) is 1.52. The molecule has 0 aromatic heterocycles. The number of nitrogens with two attached hydrogens (primary N) is 1. The second-order valence-corrected chi connectivity index (χ2v) is 3.34. The number of hydrogen-bond donors (Lipinski definition) is 2. The first-order chi connectivity index (χ1) is 6.75. The van der Waals surface area contributed by atoms with Crippen molar-refractivity contribution in [2.75, 3.05) is 12.3 Å². The van der Waals surface area contributed by atoms with Crippen LogP contribution in [-0.2, 0) is 11.2 Å². The standard InChI is InChI=1S/C10H12N2O2/c11-9-4-2-1-3-7(9)5-8-6-14-10(13)12-8/h1-4,8H,5-6,11H2,(H,12,13). The predicted molar refractivity (Wildman–Crippen MR) is 52.8 cm³/mol. The highest BCUT2D eigenvalue weighted by Gasteiger charge is 2.22. The molecule has 74 valence electrons. The van der Waals surface area contributed by atoms with Gasteiger partial charge in [0.2, 0.25) is 0 Å². The Balaban J connectivity index is 2.04. The molecule has 1 heterocycles. The monoisotopic (exact) mass is 192 g/mol. The lowest BCUT2D eigenvalue weighted by atomic mass is 10.1. The van der Waals surface area contributed by atoms with Crippen molar-refractivity contribution in [1.82, 2.24) is 5.32 Å². The Labute approximate surface area is 82.1 Å². The number of alkyl carbamates (subject to hydrolysis) is 1. The lowest BCUT2D eigenvalue weighted by molar-refractivity contribution is 0.177. The number of cyclic esters (lactones) is 1. The van der Waals surface area contributed by atoms with Crippen molar-refractivity contribution in [3.63, 3.8) is 0 Å². The van der Waals surface area contributed by atoms with E-state index >= 15 is 0 Å². The molecule has 0 radical (unpaired) electrons. The average Bonchev–Trinajstić information content (AvgIpc) is 2.56. The molecule has 4 nitrogen and oxygen atoms in total. The van der Waals surface area contributed by atoms with Crippen LogP contribution in [0.2, 0.25) is 0 Å². The molecule has 2 rings (SSSR count). The first-order valence-corrected chi connectivity index (χ1v) is 4.52. The van der Waals surface area contributed by atoms with Crippen LogP contribution in [0, 0.1) is 0 Å². The average molecular weight is 192 g/mol. The minimum atomic E-state index is -0.343. The molecule has 14 heavy (non-hydrogen) atoms. The number of carbonyl (C=O) groups excluding carboxylic acids is 1. The number of amides is 1. The fourth-order valence-corrected chi connectivity index (χ4v) is 1.52. The molecular weight excluding hydrogens is 180 g/mol. The first-order valence-electron chi connectivity index (χ1n) is 4.52. The summed E-state index contributed by atoms with van der Waals surface area (Å²) in [6.07, 6.45) is 0.378. The topological polar surface area (TPSA) is 64.3 Å². The van der Waals surface area contributed by atoms with Gasteiger partial charge in [-0.3, -0.25) is 0 Å². The van der Waals surface area contributed by atoms with E-state index in [1.54, 1.807) is 0 Å². The maximum atomic E-state index is 10.8. The largest absolute Gasteiger partial charge is 0.447 e. The zero-order chi connectivity index (χ0) is 9.97. The summed E-state index contributed by atoms with van der Waals surface area (Å²) in [5.74, 6) is 0. The number of nitrogens with one attached hydrogen (secondary N) is 1. The minimum Gasteiger partial charge on any atom is -0.447 e. The molecule has 1 atom stereocenters. The highest BCUT2D eigenvalue weighted by atomic mass is 16.6. The van der Waals surface area contributed by atoms with Crippen molar-refractivity contribution in [1.29, 1.82) is 0 Å². The van der Waals surface area contributed by atoms with E-state index < -0.39 is 0 Å². The highest BCUT2D eigenvalue weighted by Crippen LogP contribution is 2.14. The van der Waals surface area contributed by atoms with Crippen LogP contribution in [0.3, 0.4) is 0 Å². The third kappa shape index (κ3) is 1.79. The van der Waals surface area contributed by atoms with Crippen molar-refractivity contribution in [2.45, 2.75) is 12.5 Å². The number of hydrogen-bond acceptors (Lipinski definition) is 3. The van der Waals surface area contributed by atoms with Crippen LogP contribution in [0.15, 0.2) is 24.3 Å². The minimum absolute atomic E-state index is 0.0483. The maximum absolute atomic E-state index is 10.8. The first kappa shape index (κ1) is 8.87. The zero-order valence-electron chi connectivity index (χ0n) is 7.69. The molecule has 1 aliphatic rings. The van der Waals surface area contributed by atoms with Gasteiger partial charge in [0.15, 0.2) is 0 Å². The summed E-state index contributed by atoms with van der Waals surface area (Å²) in [5, 5.41) is 2.71. The number of anilines is 1. The zero-order valence-corrected chi connectivity index (χ0v) is 7.69. The molecule has 0 spiro atoms. The Hall–Kier alpha value is -1.71. The van der Waals surface area contributed by atoms with Crippen molar-refractivity contribution in [3.05, 3.63) is 29.8 Å². The van der Waals surface area contributed by atoms with Gasteiger partial charge >= 0.3 is 6.09 Å². The third-order valence-corrected chi connectivity index (χ3v) is 2.26. The van der Waals surface area contributed by atoms with Crippen molar-refractivity contribution in [3.8, 4) is 0 Å². The number of nitrogen functional groups attached to an aromatic ring is 1. The van der Waals surface area contributed by atoms with E-state index in [2.05, 4.69) is 5.32 Å². The molecule has 1 aromatic carbocycles. The fraction of sp³-hybridized carbons (Fsp3) is 0.300. The molecule has 0 aliphatic carbocycles. The molecule has 1 saturated heterocycles. The lowest BCUT2D eigenvalue weighted by Gasteiger charge is -2.09. The molecule has 0 bridgehead atoms. The molecular formula is C10H12N2O2. The number of ether oxygens (including phenoxy) is 1. The van der Waals surface area contributed by atoms with Crippen LogP contribution in [0.5, 0.6) is 0 Å². The normalized spacial score (nSPS) is 20.3. The second kappa shape index (κ2) is 3.57. The van der Waals surface area contributed by atoms with E-state index in [0.717, 1.165) is 17.7 Å². The molecule has 4 heteroatoms. The van der Waals surface area contributed by atoms with E-state index in [-0.39, 0.29) is 12.1 Å². The van der Waals surface area contributed by atoms with E-state index in [9.17, 15) is 4.79 Å². The van der Waals surface area contributed by atoms with E-state index in [1.807, 2.05) is 24.3 Å². The SMILES string of the molecule is Nc1ccccc1CC1COC(=O)N1. The molecule has 1 aliphatic heterocycles. The van der Waals surface area contributed by atoms with Crippen LogP contribution in [0.25, 0.3) is 0 Å². The van der Waals surface area contributed by atoms with Crippen molar-refractivity contribution >= 4 is 11.8 Å². The van der Waals surface area contributed by atoms with Crippen LogP contribution < -0.4 is 11.1 Å². The van der Waals surface area contributed by atoms with Gasteiger partial charge in [0, 0.05) is 5.69 Å². The Bertz CT molecular complexity index is 352. The van der Waals surface area contributed by atoms with E-state index in [1.165, 1.54) is 0 Å². The molecule has 1 unspecified atom stereocenters. The molecule has 1 aromatic rings. The quantitative estimate of drug-likeness (QED) is 0.685. The van der Waals surface area contributed by atoms with Crippen LogP contribution in [0.4, 0.5) is 10.5 Å². The maximum Gasteiger partial charge on any atom is 0.407 e. The summed E-state index contributed by atoms with van der Waals surface area (Å²) in [6, 6.07) is 7.69. The van der Waals surface area contributed by atoms with Crippen LogP contribution in [0.1, 0.15) is 5.56 Å². The predicted octanol–water partition coefficient (Wildman–Crippen LogP) is 0.920. The Morgan fingerprint density at radius 2 is 2.29 bits per heavy atom. The van der Waals surface area contributed by atoms with Gasteiger partial charge in [-0.1, -0.05) is 18.2 Å². The number of carbonyl (C=O) groups is 1. The summed E-state index contributed by atoms with van der Waals surface area (Å²) in [5.41, 5.74) is 7.58. The third-order valence-electron chi connectivity index (χ3n) is 2.26. The number of para-hydroxylation sites is 1. The van der Waals surface area contributed by atoms with Crippen LogP contribution in [-0.4, -0.2) is 18.7 Å². The second-order valence-electron chi connectivity index (χ2n) is 3.34. The summed E-state index contributed by atoms with van der Waals surface area (Å²) >= 11 is 0. The Kier molecular flexibility index (Phi) is 2.26. The van der Waals surface area contributed by atoms with Gasteiger partial charge in [0.1, 0.15) is 6.61 Å². The highest BCUT2D eigenvalue weighted by molar-refractivity contribution is 5.69. The van der Waals surface area contributed by atoms with Gasteiger partial charge in [-0.15, -0.1) is 0 Å². The molecule has 0 saturated carbocycles. The smallest absolute Gasteiger partial charge is 0.407 e. The van der Waals surface area contributed by atoms with Gasteiger partial charge in [-0.2, -0.15) is 0 Å². The van der Waals surface area contributed by atoms with Gasteiger partial charge < -0.3 is 15.8 Å². The summed E-state index contributed by atoms with van der Waals surface area (Å²) in [6.45, 7) is 0.424. The van der Waals surface area contributed by atoms with Crippen molar-refractivity contribution < 1.29 is 9.53 Å². The Morgan fingerprint density at radius 1 is 1.50 bits per heavy atom. The van der Waals surface area contributed by atoms with Crippen LogP contribution >= 0.6 is 0 Å². The molecule has 1 fully saturated rings. The number of benzene rings is 1. The van der Waals surface area contributed by atoms with Gasteiger partial charge in [-0.05, 0) is 18.1 Å². The summed E-state index contributed by atoms with van der Waals surface area (Å²) in [4.78, 5) is 10.8. The van der Waals surface area contributed by atoms with Crippen molar-refractivity contribution in [2.24, 2.45) is 0 Å². The van der Waals surface area contributed by atoms with Gasteiger partial charge in [0.25, 0.3) is 0 Å². The summed E-state index contributed by atoms with van der Waals surface area (Å²) in [7, 11) is 0.